The number of nitrogens with one attached hydrogen (secondary N) is 1. The van der Waals surface area contributed by atoms with Gasteiger partial charge in [-0.25, -0.2) is 4.39 Å². The summed E-state index contributed by atoms with van der Waals surface area (Å²) >= 11 is 0. The summed E-state index contributed by atoms with van der Waals surface area (Å²) in [6, 6.07) is 3.87. The van der Waals surface area contributed by atoms with Crippen molar-refractivity contribution >= 4 is 5.91 Å². The molecule has 0 aliphatic carbocycles. The molecule has 4 heteroatoms. The molecule has 0 saturated heterocycles. The first-order chi connectivity index (χ1) is 7.19. The van der Waals surface area contributed by atoms with Crippen LogP contribution in [0, 0.1) is 17.7 Å². The molecule has 0 fully saturated rings. The van der Waals surface area contributed by atoms with E-state index in [1.165, 1.54) is 19.2 Å². The van der Waals surface area contributed by atoms with Crippen molar-refractivity contribution < 1.29 is 9.18 Å². The van der Waals surface area contributed by atoms with E-state index >= 15 is 0 Å². The van der Waals surface area contributed by atoms with Gasteiger partial charge >= 0.3 is 0 Å². The van der Waals surface area contributed by atoms with Gasteiger partial charge in [0.05, 0.1) is 12.1 Å². The van der Waals surface area contributed by atoms with Gasteiger partial charge in [-0.3, -0.25) is 4.79 Å². The lowest BCUT2D eigenvalue weighted by Crippen LogP contribution is -2.19. The minimum absolute atomic E-state index is 0.199. The highest BCUT2D eigenvalue weighted by Gasteiger charge is 2.09. The van der Waals surface area contributed by atoms with Crippen molar-refractivity contribution in [2.75, 3.05) is 13.6 Å². The van der Waals surface area contributed by atoms with Gasteiger partial charge in [0.2, 0.25) is 0 Å². The molecule has 3 N–H and O–H groups in total. The predicted molar refractivity (Wildman–Crippen MR) is 55.7 cm³/mol. The number of hydrogen-bond donors (Lipinski definition) is 2. The maximum atomic E-state index is 12.9. The van der Waals surface area contributed by atoms with E-state index in [0.717, 1.165) is 6.07 Å². The summed E-state index contributed by atoms with van der Waals surface area (Å²) in [5, 5.41) is 2.42. The first-order valence-electron chi connectivity index (χ1n) is 4.39. The molecule has 1 rings (SSSR count). The number of carbonyl (C=O) groups is 1. The van der Waals surface area contributed by atoms with Crippen molar-refractivity contribution in [2.45, 2.75) is 0 Å². The van der Waals surface area contributed by atoms with Crippen LogP contribution < -0.4 is 11.1 Å². The largest absolute Gasteiger partial charge is 0.355 e. The third kappa shape index (κ3) is 2.79. The van der Waals surface area contributed by atoms with Crippen LogP contribution in [0.4, 0.5) is 4.39 Å². The van der Waals surface area contributed by atoms with Gasteiger partial charge < -0.3 is 11.1 Å². The maximum absolute atomic E-state index is 12.9. The highest BCUT2D eigenvalue weighted by Crippen LogP contribution is 2.10. The fourth-order valence-electron chi connectivity index (χ4n) is 1.09. The van der Waals surface area contributed by atoms with Crippen LogP contribution in [-0.2, 0) is 0 Å². The molecule has 0 bridgehead atoms. The average Bonchev–Trinajstić information content (AvgIpc) is 2.26. The molecule has 0 atom stereocenters. The van der Waals surface area contributed by atoms with Crippen LogP contribution in [0.25, 0.3) is 0 Å². The average molecular weight is 206 g/mol. The first-order valence-corrected chi connectivity index (χ1v) is 4.39. The van der Waals surface area contributed by atoms with Crippen LogP contribution in [0.2, 0.25) is 0 Å². The quantitative estimate of drug-likeness (QED) is 0.657. The molecule has 0 aliphatic heterocycles. The third-order valence-electron chi connectivity index (χ3n) is 1.78. The number of amides is 1. The smallest absolute Gasteiger partial charge is 0.252 e. The van der Waals surface area contributed by atoms with Gasteiger partial charge in [0.15, 0.2) is 0 Å². The highest BCUT2D eigenvalue weighted by molar-refractivity contribution is 5.96. The van der Waals surface area contributed by atoms with Crippen LogP contribution in [0.1, 0.15) is 15.9 Å². The predicted octanol–water partition coefficient (Wildman–Crippen LogP) is 0.495. The summed E-state index contributed by atoms with van der Waals surface area (Å²) in [5.41, 5.74) is 5.91. The fourth-order valence-corrected chi connectivity index (χ4v) is 1.09. The van der Waals surface area contributed by atoms with Crippen LogP contribution in [-0.4, -0.2) is 19.5 Å². The summed E-state index contributed by atoms with van der Waals surface area (Å²) in [4.78, 5) is 11.4. The zero-order chi connectivity index (χ0) is 11.3. The zero-order valence-electron chi connectivity index (χ0n) is 8.30. The van der Waals surface area contributed by atoms with Gasteiger partial charge in [0.25, 0.3) is 5.91 Å². The Kier molecular flexibility index (Phi) is 3.83. The Hall–Kier alpha value is -1.86. The van der Waals surface area contributed by atoms with Crippen LogP contribution in [0.15, 0.2) is 18.2 Å². The molecule has 78 valence electrons. The summed E-state index contributed by atoms with van der Waals surface area (Å²) < 4.78 is 12.9. The summed E-state index contributed by atoms with van der Waals surface area (Å²) in [6.45, 7) is 0.199. The Bertz CT molecular complexity index is 432. The number of rotatable bonds is 1. The molecule has 0 spiro atoms. The van der Waals surface area contributed by atoms with Crippen LogP contribution in [0.5, 0.6) is 0 Å². The molecule has 1 aromatic rings. The van der Waals surface area contributed by atoms with E-state index in [9.17, 15) is 9.18 Å². The van der Waals surface area contributed by atoms with E-state index in [-0.39, 0.29) is 18.0 Å². The minimum Gasteiger partial charge on any atom is -0.355 e. The number of hydrogen-bond acceptors (Lipinski definition) is 2. The molecule has 0 radical (unpaired) electrons. The second-order valence-corrected chi connectivity index (χ2v) is 2.77. The Morgan fingerprint density at radius 1 is 1.60 bits per heavy atom. The van der Waals surface area contributed by atoms with Crippen molar-refractivity contribution in [3.05, 3.63) is 35.1 Å². The van der Waals surface area contributed by atoms with Crippen molar-refractivity contribution in [3.63, 3.8) is 0 Å². The molecule has 3 nitrogen and oxygen atoms in total. The van der Waals surface area contributed by atoms with Crippen LogP contribution >= 0.6 is 0 Å². The first kappa shape index (κ1) is 11.2. The molecule has 15 heavy (non-hydrogen) atoms. The molecule has 0 heterocycles. The Morgan fingerprint density at radius 3 is 2.93 bits per heavy atom. The molecular formula is C11H11FN2O. The summed E-state index contributed by atoms with van der Waals surface area (Å²) in [5.74, 6) is 4.50. The standard InChI is InChI=1S/C11H11FN2O/c1-14-11(15)10-7-9(12)5-4-8(10)3-2-6-13/h4-5,7H,6,13H2,1H3,(H,14,15). The second kappa shape index (κ2) is 5.13. The monoisotopic (exact) mass is 206 g/mol. The molecular weight excluding hydrogens is 195 g/mol. The molecule has 0 aliphatic rings. The zero-order valence-corrected chi connectivity index (χ0v) is 8.30. The van der Waals surface area contributed by atoms with Gasteiger partial charge in [0.1, 0.15) is 5.82 Å². The van der Waals surface area contributed by atoms with Crippen molar-refractivity contribution in [2.24, 2.45) is 5.73 Å². The van der Waals surface area contributed by atoms with E-state index in [1.807, 2.05) is 0 Å². The summed E-state index contributed by atoms with van der Waals surface area (Å²) in [7, 11) is 1.48. The van der Waals surface area contributed by atoms with Gasteiger partial charge in [-0.2, -0.15) is 0 Å². The molecule has 0 unspecified atom stereocenters. The molecule has 1 aromatic carbocycles. The number of halogens is 1. The lowest BCUT2D eigenvalue weighted by atomic mass is 10.1. The lowest BCUT2D eigenvalue weighted by molar-refractivity contribution is 0.0962. The Morgan fingerprint density at radius 2 is 2.33 bits per heavy atom. The van der Waals surface area contributed by atoms with Crippen molar-refractivity contribution in [1.82, 2.24) is 5.32 Å². The number of carbonyl (C=O) groups excluding carboxylic acids is 1. The molecule has 0 saturated carbocycles. The van der Waals surface area contributed by atoms with Gasteiger partial charge in [-0.15, -0.1) is 0 Å². The molecule has 1 amide bonds. The number of benzene rings is 1. The highest BCUT2D eigenvalue weighted by atomic mass is 19.1. The van der Waals surface area contributed by atoms with Gasteiger partial charge in [0, 0.05) is 12.6 Å². The van der Waals surface area contributed by atoms with E-state index in [0.29, 0.717) is 5.56 Å². The summed E-state index contributed by atoms with van der Waals surface area (Å²) in [6.07, 6.45) is 0. The Balaban J connectivity index is 3.20. The van der Waals surface area contributed by atoms with E-state index < -0.39 is 5.82 Å². The van der Waals surface area contributed by atoms with E-state index in [2.05, 4.69) is 17.2 Å². The maximum Gasteiger partial charge on any atom is 0.252 e. The minimum atomic E-state index is -0.466. The normalized spacial score (nSPS) is 9.00. The van der Waals surface area contributed by atoms with Gasteiger partial charge in [-0.1, -0.05) is 11.8 Å². The van der Waals surface area contributed by atoms with E-state index in [4.69, 9.17) is 5.73 Å². The van der Waals surface area contributed by atoms with E-state index in [1.54, 1.807) is 0 Å². The van der Waals surface area contributed by atoms with Crippen molar-refractivity contribution in [3.8, 4) is 11.8 Å². The Labute approximate surface area is 87.5 Å². The number of nitrogens with two attached hydrogens (primary N) is 1. The second-order valence-electron chi connectivity index (χ2n) is 2.77. The van der Waals surface area contributed by atoms with Crippen LogP contribution in [0.3, 0.4) is 0 Å². The lowest BCUT2D eigenvalue weighted by Gasteiger charge is -2.02. The van der Waals surface area contributed by atoms with Crippen molar-refractivity contribution in [1.29, 1.82) is 0 Å². The van der Waals surface area contributed by atoms with Gasteiger partial charge in [-0.05, 0) is 18.2 Å². The fraction of sp³-hybridized carbons (Fsp3) is 0.182. The SMILES string of the molecule is CNC(=O)c1cc(F)ccc1C#CCN. The third-order valence-corrected chi connectivity index (χ3v) is 1.78. The molecule has 0 aromatic heterocycles. The topological polar surface area (TPSA) is 55.1 Å².